The Morgan fingerprint density at radius 2 is 2.04 bits per heavy atom. The lowest BCUT2D eigenvalue weighted by atomic mass is 9.98. The Balaban J connectivity index is 1.82. The monoisotopic (exact) mass is 339 g/mol. The molecule has 0 radical (unpaired) electrons. The average Bonchev–Trinajstić information content (AvgIpc) is 2.66. The van der Waals surface area contributed by atoms with Gasteiger partial charge in [-0.2, -0.15) is 0 Å². The van der Waals surface area contributed by atoms with Gasteiger partial charge in [0.25, 0.3) is 11.8 Å². The van der Waals surface area contributed by atoms with Crippen molar-refractivity contribution in [3.8, 4) is 0 Å². The summed E-state index contributed by atoms with van der Waals surface area (Å²) in [6.45, 7) is 0. The van der Waals surface area contributed by atoms with Crippen molar-refractivity contribution in [2.24, 2.45) is 0 Å². The van der Waals surface area contributed by atoms with Crippen LogP contribution in [0.25, 0.3) is 0 Å². The summed E-state index contributed by atoms with van der Waals surface area (Å²) in [5.41, 5.74) is 1.96. The SMILES string of the molecule is CNC(=O)c1cc(N(C)C(=O)C2Cc3ccccc3C(=O)O2)ccn1. The lowest BCUT2D eigenvalue weighted by Gasteiger charge is -2.27. The molecule has 1 aliphatic rings. The van der Waals surface area contributed by atoms with Crippen molar-refractivity contribution in [3.63, 3.8) is 0 Å². The van der Waals surface area contributed by atoms with Crippen molar-refractivity contribution in [1.82, 2.24) is 10.3 Å². The van der Waals surface area contributed by atoms with Crippen molar-refractivity contribution in [3.05, 3.63) is 59.4 Å². The van der Waals surface area contributed by atoms with E-state index in [9.17, 15) is 14.4 Å². The van der Waals surface area contributed by atoms with E-state index in [1.54, 1.807) is 25.2 Å². The number of benzene rings is 1. The van der Waals surface area contributed by atoms with E-state index in [1.807, 2.05) is 12.1 Å². The second-order valence-electron chi connectivity index (χ2n) is 5.63. The van der Waals surface area contributed by atoms with E-state index in [0.29, 0.717) is 17.7 Å². The molecule has 1 unspecified atom stereocenters. The van der Waals surface area contributed by atoms with Crippen LogP contribution in [0.15, 0.2) is 42.6 Å². The Labute approximate surface area is 144 Å². The van der Waals surface area contributed by atoms with E-state index in [4.69, 9.17) is 4.74 Å². The number of fused-ring (bicyclic) bond motifs is 1. The van der Waals surface area contributed by atoms with Crippen LogP contribution >= 0.6 is 0 Å². The molecular formula is C18H17N3O4. The molecule has 0 saturated carbocycles. The molecule has 3 rings (SSSR count). The van der Waals surface area contributed by atoms with Gasteiger partial charge in [0.1, 0.15) is 5.69 Å². The lowest BCUT2D eigenvalue weighted by Crippen LogP contribution is -2.43. The summed E-state index contributed by atoms with van der Waals surface area (Å²) >= 11 is 0. The Morgan fingerprint density at radius 1 is 1.28 bits per heavy atom. The first-order valence-corrected chi connectivity index (χ1v) is 7.76. The molecule has 2 amide bonds. The van der Waals surface area contributed by atoms with Gasteiger partial charge in [0, 0.05) is 32.4 Å². The first-order valence-electron chi connectivity index (χ1n) is 7.76. The third kappa shape index (κ3) is 3.21. The fraction of sp³-hybridized carbons (Fsp3) is 0.222. The van der Waals surface area contributed by atoms with Crippen molar-refractivity contribution >= 4 is 23.5 Å². The molecule has 128 valence electrons. The van der Waals surface area contributed by atoms with Crippen LogP contribution in [0.5, 0.6) is 0 Å². The predicted molar refractivity (Wildman–Crippen MR) is 90.4 cm³/mol. The third-order valence-corrected chi connectivity index (χ3v) is 4.09. The number of hydrogen-bond acceptors (Lipinski definition) is 5. The Kier molecular flexibility index (Phi) is 4.47. The van der Waals surface area contributed by atoms with Gasteiger partial charge in [0.05, 0.1) is 5.56 Å². The van der Waals surface area contributed by atoms with Crippen molar-refractivity contribution in [2.75, 3.05) is 19.0 Å². The number of likely N-dealkylation sites (N-methyl/N-ethyl adjacent to an activating group) is 1. The number of anilines is 1. The number of aromatic nitrogens is 1. The predicted octanol–water partition coefficient (Wildman–Crippen LogP) is 1.19. The Hall–Kier alpha value is -3.22. The zero-order valence-corrected chi connectivity index (χ0v) is 13.9. The van der Waals surface area contributed by atoms with Crippen molar-refractivity contribution < 1.29 is 19.1 Å². The van der Waals surface area contributed by atoms with Crippen LogP contribution in [0, 0.1) is 0 Å². The minimum Gasteiger partial charge on any atom is -0.448 e. The van der Waals surface area contributed by atoms with Gasteiger partial charge in [0.2, 0.25) is 0 Å². The molecule has 2 aromatic rings. The molecule has 1 atom stereocenters. The molecule has 25 heavy (non-hydrogen) atoms. The van der Waals surface area contributed by atoms with E-state index >= 15 is 0 Å². The Morgan fingerprint density at radius 3 is 2.80 bits per heavy atom. The van der Waals surface area contributed by atoms with Gasteiger partial charge < -0.3 is 15.0 Å². The highest BCUT2D eigenvalue weighted by molar-refractivity contribution is 6.01. The Bertz CT molecular complexity index is 850. The van der Waals surface area contributed by atoms with Crippen molar-refractivity contribution in [2.45, 2.75) is 12.5 Å². The second-order valence-corrected chi connectivity index (χ2v) is 5.63. The number of ether oxygens (including phenoxy) is 1. The molecule has 0 saturated heterocycles. The van der Waals surface area contributed by atoms with E-state index in [0.717, 1.165) is 5.56 Å². The molecule has 7 nitrogen and oxygen atoms in total. The van der Waals surface area contributed by atoms with Crippen LogP contribution < -0.4 is 10.2 Å². The number of nitrogens with one attached hydrogen (secondary N) is 1. The maximum atomic E-state index is 12.7. The first-order chi connectivity index (χ1) is 12.0. The summed E-state index contributed by atoms with van der Waals surface area (Å²) in [5.74, 6) is -1.22. The third-order valence-electron chi connectivity index (χ3n) is 4.09. The summed E-state index contributed by atoms with van der Waals surface area (Å²) in [6.07, 6.45) is 0.869. The molecule has 1 aromatic heterocycles. The number of rotatable bonds is 3. The summed E-state index contributed by atoms with van der Waals surface area (Å²) in [5, 5.41) is 2.48. The van der Waals surface area contributed by atoms with Crippen LogP contribution in [0.3, 0.4) is 0 Å². The maximum Gasteiger partial charge on any atom is 0.339 e. The topological polar surface area (TPSA) is 88.6 Å². The minimum atomic E-state index is -0.899. The van der Waals surface area contributed by atoms with E-state index < -0.39 is 12.1 Å². The number of carbonyl (C=O) groups excluding carboxylic acids is 3. The molecule has 1 aromatic carbocycles. The van der Waals surface area contributed by atoms with Gasteiger partial charge in [0.15, 0.2) is 6.10 Å². The zero-order valence-electron chi connectivity index (χ0n) is 13.9. The number of carbonyl (C=O) groups is 3. The smallest absolute Gasteiger partial charge is 0.339 e. The number of nitrogens with zero attached hydrogens (tertiary/aromatic N) is 2. The number of cyclic esters (lactones) is 1. The molecule has 7 heteroatoms. The fourth-order valence-electron chi connectivity index (χ4n) is 2.69. The second kappa shape index (κ2) is 6.72. The van der Waals surface area contributed by atoms with E-state index in [2.05, 4.69) is 10.3 Å². The molecule has 0 aliphatic carbocycles. The number of hydrogen-bond donors (Lipinski definition) is 1. The fourth-order valence-corrected chi connectivity index (χ4v) is 2.69. The van der Waals surface area contributed by atoms with Gasteiger partial charge in [-0.05, 0) is 23.8 Å². The number of pyridine rings is 1. The number of esters is 1. The van der Waals surface area contributed by atoms with Gasteiger partial charge in [-0.3, -0.25) is 14.6 Å². The molecule has 0 bridgehead atoms. The van der Waals surface area contributed by atoms with Crippen molar-refractivity contribution in [1.29, 1.82) is 0 Å². The molecule has 2 heterocycles. The molecular weight excluding hydrogens is 322 g/mol. The summed E-state index contributed by atoms with van der Waals surface area (Å²) in [4.78, 5) is 41.8. The van der Waals surface area contributed by atoms with Crippen LogP contribution in [0.4, 0.5) is 5.69 Å². The highest BCUT2D eigenvalue weighted by Gasteiger charge is 2.33. The van der Waals surface area contributed by atoms with E-state index in [-0.39, 0.29) is 17.5 Å². The summed E-state index contributed by atoms with van der Waals surface area (Å²) < 4.78 is 5.29. The van der Waals surface area contributed by atoms with Crippen LogP contribution in [0.1, 0.15) is 26.4 Å². The lowest BCUT2D eigenvalue weighted by molar-refractivity contribution is -0.127. The zero-order chi connectivity index (χ0) is 18.0. The summed E-state index contributed by atoms with van der Waals surface area (Å²) in [6, 6.07) is 10.2. The first kappa shape index (κ1) is 16.6. The molecule has 1 aliphatic heterocycles. The minimum absolute atomic E-state index is 0.200. The molecule has 0 fully saturated rings. The normalized spacial score (nSPS) is 15.8. The van der Waals surface area contributed by atoms with Gasteiger partial charge >= 0.3 is 5.97 Å². The standard InChI is InChI=1S/C18H17N3O4/c1-19-16(22)14-10-12(7-8-20-14)21(2)17(23)15-9-11-5-3-4-6-13(11)18(24)25-15/h3-8,10,15H,9H2,1-2H3,(H,19,22). The van der Waals surface area contributed by atoms with Gasteiger partial charge in [-0.15, -0.1) is 0 Å². The highest BCUT2D eigenvalue weighted by Crippen LogP contribution is 2.23. The highest BCUT2D eigenvalue weighted by atomic mass is 16.5. The summed E-state index contributed by atoms with van der Waals surface area (Å²) in [7, 11) is 3.07. The quantitative estimate of drug-likeness (QED) is 0.849. The van der Waals surface area contributed by atoms with E-state index in [1.165, 1.54) is 24.2 Å². The van der Waals surface area contributed by atoms with Crippen LogP contribution in [-0.4, -0.2) is 43.0 Å². The van der Waals surface area contributed by atoms with Gasteiger partial charge in [-0.1, -0.05) is 18.2 Å². The van der Waals surface area contributed by atoms with Crippen LogP contribution in [0.2, 0.25) is 0 Å². The van der Waals surface area contributed by atoms with Crippen LogP contribution in [-0.2, 0) is 16.0 Å². The van der Waals surface area contributed by atoms with Gasteiger partial charge in [-0.25, -0.2) is 4.79 Å². The largest absolute Gasteiger partial charge is 0.448 e. The molecule has 1 N–H and O–H groups in total. The maximum absolute atomic E-state index is 12.7. The average molecular weight is 339 g/mol. The molecule has 0 spiro atoms. The number of amides is 2.